The first-order valence-electron chi connectivity index (χ1n) is 11.3. The Morgan fingerprint density at radius 1 is 0.829 bits per heavy atom. The second-order valence-corrected chi connectivity index (χ2v) is 9.44. The van der Waals surface area contributed by atoms with Gasteiger partial charge in [0.15, 0.2) is 11.6 Å². The van der Waals surface area contributed by atoms with Crippen molar-refractivity contribution in [3.8, 4) is 17.2 Å². The van der Waals surface area contributed by atoms with Gasteiger partial charge in [-0.25, -0.2) is 0 Å². The molecule has 0 radical (unpaired) electrons. The van der Waals surface area contributed by atoms with E-state index in [4.69, 9.17) is 9.47 Å². The average Bonchev–Trinajstić information content (AvgIpc) is 3.27. The number of aromatic hydroxyl groups is 1. The van der Waals surface area contributed by atoms with E-state index in [1.54, 1.807) is 18.2 Å². The third-order valence-corrected chi connectivity index (χ3v) is 7.71. The number of phenolic OH excluding ortho intramolecular Hbond substituents is 1. The molecular formula is C29H16O6. The Morgan fingerprint density at radius 3 is 2.31 bits per heavy atom. The highest BCUT2D eigenvalue weighted by Crippen LogP contribution is 2.62. The van der Waals surface area contributed by atoms with Crippen LogP contribution in [-0.4, -0.2) is 21.8 Å². The Labute approximate surface area is 198 Å². The molecule has 2 atom stereocenters. The van der Waals surface area contributed by atoms with Crippen molar-refractivity contribution in [2.24, 2.45) is 5.92 Å². The van der Waals surface area contributed by atoms with E-state index in [0.29, 0.717) is 39.0 Å². The molecule has 4 aromatic rings. The van der Waals surface area contributed by atoms with Crippen LogP contribution in [0.3, 0.4) is 0 Å². The van der Waals surface area contributed by atoms with Gasteiger partial charge in [0.05, 0.1) is 16.5 Å². The van der Waals surface area contributed by atoms with Gasteiger partial charge in [-0.2, -0.15) is 0 Å². The number of ketones is 2. The molecule has 0 amide bonds. The van der Waals surface area contributed by atoms with Crippen molar-refractivity contribution in [1.82, 2.24) is 0 Å². The molecule has 4 aliphatic rings. The predicted molar refractivity (Wildman–Crippen MR) is 127 cm³/mol. The maximum absolute atomic E-state index is 13.3. The summed E-state index contributed by atoms with van der Waals surface area (Å²) >= 11 is 0. The third-order valence-electron chi connectivity index (χ3n) is 7.71. The molecule has 0 saturated carbocycles. The summed E-state index contributed by atoms with van der Waals surface area (Å²) in [6.07, 6.45) is 5.92. The number of aliphatic hydroxyl groups is 1. The van der Waals surface area contributed by atoms with Crippen LogP contribution in [0.2, 0.25) is 0 Å². The monoisotopic (exact) mass is 460 g/mol. The zero-order valence-corrected chi connectivity index (χ0v) is 18.1. The second kappa shape index (κ2) is 5.79. The quantitative estimate of drug-likeness (QED) is 0.402. The van der Waals surface area contributed by atoms with Crippen molar-refractivity contribution in [3.63, 3.8) is 0 Å². The summed E-state index contributed by atoms with van der Waals surface area (Å²) in [5.74, 6) is -2.45. The summed E-state index contributed by atoms with van der Waals surface area (Å²) in [5, 5.41) is 25.4. The van der Waals surface area contributed by atoms with Gasteiger partial charge in [0, 0.05) is 10.9 Å². The van der Waals surface area contributed by atoms with Crippen molar-refractivity contribution < 1.29 is 29.3 Å². The highest BCUT2D eigenvalue weighted by Gasteiger charge is 2.69. The van der Waals surface area contributed by atoms with E-state index < -0.39 is 17.3 Å². The zero-order valence-electron chi connectivity index (χ0n) is 18.1. The number of benzene rings is 4. The zero-order chi connectivity index (χ0) is 23.7. The molecule has 3 aliphatic carbocycles. The van der Waals surface area contributed by atoms with Crippen molar-refractivity contribution in [2.45, 2.75) is 11.4 Å². The van der Waals surface area contributed by atoms with Gasteiger partial charge in [-0.15, -0.1) is 0 Å². The van der Waals surface area contributed by atoms with Crippen LogP contribution in [0.25, 0.3) is 27.6 Å². The van der Waals surface area contributed by atoms with E-state index in [2.05, 4.69) is 0 Å². The minimum Gasteiger partial charge on any atom is -0.507 e. The minimum absolute atomic E-state index is 0.129. The predicted octanol–water partition coefficient (Wildman–Crippen LogP) is 4.49. The van der Waals surface area contributed by atoms with Crippen LogP contribution in [0.4, 0.5) is 0 Å². The maximum Gasteiger partial charge on any atom is 0.292 e. The van der Waals surface area contributed by atoms with Crippen LogP contribution in [0.15, 0.2) is 72.8 Å². The number of allylic oxidation sites excluding steroid dienone is 2. The van der Waals surface area contributed by atoms with E-state index in [9.17, 15) is 19.8 Å². The van der Waals surface area contributed by atoms with Gasteiger partial charge in [0.2, 0.25) is 0 Å². The molecule has 0 saturated heterocycles. The summed E-state index contributed by atoms with van der Waals surface area (Å²) in [6.45, 7) is 0. The molecule has 6 heteroatoms. The lowest BCUT2D eigenvalue weighted by Gasteiger charge is -2.41. The lowest BCUT2D eigenvalue weighted by Crippen LogP contribution is -2.51. The molecular weight excluding hydrogens is 444 g/mol. The molecule has 0 fully saturated rings. The Balaban J connectivity index is 1.53. The smallest absolute Gasteiger partial charge is 0.292 e. The largest absolute Gasteiger partial charge is 0.507 e. The number of rotatable bonds is 0. The molecule has 1 aliphatic heterocycles. The normalized spacial score (nSPS) is 24.1. The maximum atomic E-state index is 13.3. The number of phenols is 1. The molecule has 4 aromatic carbocycles. The van der Waals surface area contributed by atoms with Gasteiger partial charge in [0.1, 0.15) is 28.8 Å². The summed E-state index contributed by atoms with van der Waals surface area (Å²) in [4.78, 5) is 26.1. The average molecular weight is 460 g/mol. The number of hydrogen-bond donors (Lipinski definition) is 2. The molecule has 168 valence electrons. The minimum atomic E-state index is -1.68. The topological polar surface area (TPSA) is 93.1 Å². The first kappa shape index (κ1) is 18.9. The fourth-order valence-corrected chi connectivity index (χ4v) is 6.36. The molecule has 0 bridgehead atoms. The molecule has 2 N–H and O–H groups in total. The Bertz CT molecular complexity index is 1740. The molecule has 8 rings (SSSR count). The SMILES string of the molecule is O=C1C=Cc2c3c(cc4ccc(O)c1c24)C1(O)C=CC(=O)C1C31Oc2cccc3cccc(c23)O1. The van der Waals surface area contributed by atoms with Crippen molar-refractivity contribution in [3.05, 3.63) is 95.1 Å². The van der Waals surface area contributed by atoms with Gasteiger partial charge in [-0.05, 0) is 64.9 Å². The van der Waals surface area contributed by atoms with Crippen LogP contribution in [0.1, 0.15) is 27.0 Å². The fourth-order valence-electron chi connectivity index (χ4n) is 6.36. The summed E-state index contributed by atoms with van der Waals surface area (Å²) in [7, 11) is 0. The number of fused-ring (bicyclic) bond motifs is 6. The highest BCUT2D eigenvalue weighted by molar-refractivity contribution is 6.22. The van der Waals surface area contributed by atoms with Crippen LogP contribution in [0.5, 0.6) is 17.2 Å². The van der Waals surface area contributed by atoms with Crippen molar-refractivity contribution in [1.29, 1.82) is 0 Å². The molecule has 1 spiro atoms. The third kappa shape index (κ3) is 2.02. The molecule has 6 nitrogen and oxygen atoms in total. The van der Waals surface area contributed by atoms with Gasteiger partial charge >= 0.3 is 0 Å². The standard InChI is InChI=1S/C29H16O6/c30-18-9-7-15-13-17-26(16-8-10-19(31)25(18)23(15)16)29(27-20(32)11-12-28(17,27)33)34-21-5-1-3-14-4-2-6-22(35-29)24(14)21/h1-13,27,30,33H. The van der Waals surface area contributed by atoms with Crippen LogP contribution in [0, 0.1) is 5.92 Å². The van der Waals surface area contributed by atoms with Crippen molar-refractivity contribution in [2.75, 3.05) is 0 Å². The Kier molecular flexibility index (Phi) is 3.14. The van der Waals surface area contributed by atoms with Gasteiger partial charge < -0.3 is 19.7 Å². The number of ether oxygens (including phenoxy) is 2. The van der Waals surface area contributed by atoms with Crippen molar-refractivity contribution >= 4 is 39.2 Å². The highest BCUT2D eigenvalue weighted by atomic mass is 16.7. The second-order valence-electron chi connectivity index (χ2n) is 9.44. The van der Waals surface area contributed by atoms with Crippen LogP contribution >= 0.6 is 0 Å². The summed E-state index contributed by atoms with van der Waals surface area (Å²) in [6, 6.07) is 16.2. The molecule has 35 heavy (non-hydrogen) atoms. The first-order valence-corrected chi connectivity index (χ1v) is 11.3. The van der Waals surface area contributed by atoms with Crippen LogP contribution in [-0.2, 0) is 16.2 Å². The fraction of sp³-hybridized carbons (Fsp3) is 0.103. The van der Waals surface area contributed by atoms with Crippen LogP contribution < -0.4 is 9.47 Å². The summed E-state index contributed by atoms with van der Waals surface area (Å²) in [5.41, 5.74) is 0.0670. The van der Waals surface area contributed by atoms with E-state index in [1.165, 1.54) is 24.3 Å². The van der Waals surface area contributed by atoms with E-state index in [0.717, 1.165) is 10.8 Å². The van der Waals surface area contributed by atoms with Gasteiger partial charge in [-0.3, -0.25) is 9.59 Å². The van der Waals surface area contributed by atoms with E-state index >= 15 is 0 Å². The molecule has 1 heterocycles. The number of carbonyl (C=O) groups is 2. The first-order chi connectivity index (χ1) is 16.9. The lowest BCUT2D eigenvalue weighted by molar-refractivity contribution is -0.191. The Morgan fingerprint density at radius 2 is 1.57 bits per heavy atom. The number of carbonyl (C=O) groups excluding carboxylic acids is 2. The lowest BCUT2D eigenvalue weighted by atomic mass is 9.84. The van der Waals surface area contributed by atoms with Gasteiger partial charge in [-0.1, -0.05) is 30.3 Å². The van der Waals surface area contributed by atoms with E-state index in [1.807, 2.05) is 36.4 Å². The van der Waals surface area contributed by atoms with Gasteiger partial charge in [0.25, 0.3) is 5.79 Å². The Hall–Kier alpha value is -4.42. The summed E-state index contributed by atoms with van der Waals surface area (Å²) < 4.78 is 13.2. The molecule has 2 unspecified atom stereocenters. The number of hydrogen-bond acceptors (Lipinski definition) is 6. The van der Waals surface area contributed by atoms with E-state index in [-0.39, 0.29) is 22.9 Å². The molecule has 0 aromatic heterocycles.